The minimum Gasteiger partial charge on any atom is -0.496 e. The second kappa shape index (κ2) is 8.42. The van der Waals surface area contributed by atoms with Crippen molar-refractivity contribution >= 4 is 28.7 Å². The highest BCUT2D eigenvalue weighted by molar-refractivity contribution is 6.31. The quantitative estimate of drug-likeness (QED) is 0.540. The molecule has 4 rings (SSSR count). The Kier molecular flexibility index (Phi) is 5.84. The molecule has 164 valence electrons. The van der Waals surface area contributed by atoms with Crippen molar-refractivity contribution in [1.29, 1.82) is 0 Å². The lowest BCUT2D eigenvalue weighted by Gasteiger charge is -2.33. The summed E-state index contributed by atoms with van der Waals surface area (Å²) in [5.41, 5.74) is 3.46. The molecule has 0 spiro atoms. The number of aromatic nitrogens is 2. The van der Waals surface area contributed by atoms with Crippen molar-refractivity contribution in [3.63, 3.8) is 0 Å². The standard InChI is InChI=1S/C24H28ClN3O3/c1-24(2,3)31-23(29)28-11-8-15(9-12-28)20-14-19-17(7-10-26-22(19)27-20)18-13-16(25)5-6-21(18)30-4/h5-7,10,13-15H,8-9,11-12H2,1-4H3,(H,26,27). The van der Waals surface area contributed by atoms with Crippen LogP contribution in [0.15, 0.2) is 36.5 Å². The van der Waals surface area contributed by atoms with Gasteiger partial charge in [-0.25, -0.2) is 9.78 Å². The van der Waals surface area contributed by atoms with Gasteiger partial charge in [-0.05, 0) is 69.5 Å². The van der Waals surface area contributed by atoms with Gasteiger partial charge in [0.05, 0.1) is 7.11 Å². The highest BCUT2D eigenvalue weighted by atomic mass is 35.5. The molecule has 1 fully saturated rings. The molecule has 0 aliphatic carbocycles. The second-order valence-corrected chi connectivity index (χ2v) is 9.37. The summed E-state index contributed by atoms with van der Waals surface area (Å²) in [5.74, 6) is 1.10. The zero-order valence-corrected chi connectivity index (χ0v) is 19.1. The fourth-order valence-electron chi connectivity index (χ4n) is 4.09. The van der Waals surface area contributed by atoms with E-state index in [0.717, 1.165) is 46.4 Å². The van der Waals surface area contributed by atoms with E-state index in [2.05, 4.69) is 16.0 Å². The molecule has 0 atom stereocenters. The van der Waals surface area contributed by atoms with Crippen molar-refractivity contribution in [2.24, 2.45) is 0 Å². The van der Waals surface area contributed by atoms with E-state index in [0.29, 0.717) is 24.0 Å². The Bertz CT molecular complexity index is 1100. The molecular formula is C24H28ClN3O3. The summed E-state index contributed by atoms with van der Waals surface area (Å²) in [7, 11) is 1.66. The van der Waals surface area contributed by atoms with Gasteiger partial charge in [0.25, 0.3) is 0 Å². The van der Waals surface area contributed by atoms with E-state index in [4.69, 9.17) is 21.1 Å². The number of nitrogens with zero attached hydrogens (tertiary/aromatic N) is 2. The highest BCUT2D eigenvalue weighted by Gasteiger charge is 2.28. The third-order valence-corrected chi connectivity index (χ3v) is 5.83. The van der Waals surface area contributed by atoms with E-state index in [9.17, 15) is 4.79 Å². The summed E-state index contributed by atoms with van der Waals surface area (Å²) in [6.45, 7) is 7.03. The molecule has 31 heavy (non-hydrogen) atoms. The third kappa shape index (κ3) is 4.64. The monoisotopic (exact) mass is 441 g/mol. The van der Waals surface area contributed by atoms with E-state index in [1.54, 1.807) is 18.2 Å². The molecule has 0 bridgehead atoms. The van der Waals surface area contributed by atoms with Crippen LogP contribution in [0.25, 0.3) is 22.2 Å². The van der Waals surface area contributed by atoms with Gasteiger partial charge in [0, 0.05) is 46.9 Å². The molecule has 7 heteroatoms. The number of piperidine rings is 1. The number of hydrogen-bond acceptors (Lipinski definition) is 4. The molecule has 2 aromatic heterocycles. The smallest absolute Gasteiger partial charge is 0.410 e. The lowest BCUT2D eigenvalue weighted by Crippen LogP contribution is -2.41. The van der Waals surface area contributed by atoms with Crippen molar-refractivity contribution in [2.75, 3.05) is 20.2 Å². The first kappa shape index (κ1) is 21.5. The second-order valence-electron chi connectivity index (χ2n) is 8.93. The predicted octanol–water partition coefficient (Wildman–Crippen LogP) is 6.01. The van der Waals surface area contributed by atoms with Crippen LogP contribution in [0.4, 0.5) is 4.79 Å². The number of amides is 1. The first-order valence-corrected chi connectivity index (χ1v) is 10.9. The number of nitrogens with one attached hydrogen (secondary N) is 1. The number of ether oxygens (including phenoxy) is 2. The number of benzene rings is 1. The van der Waals surface area contributed by atoms with Crippen LogP contribution in [-0.2, 0) is 4.74 Å². The highest BCUT2D eigenvalue weighted by Crippen LogP contribution is 2.38. The van der Waals surface area contributed by atoms with Gasteiger partial charge in [0.15, 0.2) is 0 Å². The maximum absolute atomic E-state index is 12.4. The topological polar surface area (TPSA) is 67.5 Å². The fraction of sp³-hybridized carbons (Fsp3) is 0.417. The molecule has 1 aromatic carbocycles. The summed E-state index contributed by atoms with van der Waals surface area (Å²) in [6, 6.07) is 9.78. The SMILES string of the molecule is COc1ccc(Cl)cc1-c1ccnc2[nH]c(C3CCN(C(=O)OC(C)(C)C)CC3)cc12. The van der Waals surface area contributed by atoms with Crippen LogP contribution in [0, 0.1) is 0 Å². The van der Waals surface area contributed by atoms with Crippen LogP contribution in [-0.4, -0.2) is 46.8 Å². The Balaban J connectivity index is 1.57. The molecule has 1 saturated heterocycles. The van der Waals surface area contributed by atoms with E-state index in [1.165, 1.54) is 0 Å². The van der Waals surface area contributed by atoms with Gasteiger partial charge in [-0.3, -0.25) is 0 Å². The van der Waals surface area contributed by atoms with Crippen molar-refractivity contribution in [1.82, 2.24) is 14.9 Å². The number of hydrogen-bond donors (Lipinski definition) is 1. The lowest BCUT2D eigenvalue weighted by molar-refractivity contribution is 0.0204. The van der Waals surface area contributed by atoms with Crippen LogP contribution in [0.5, 0.6) is 5.75 Å². The average Bonchev–Trinajstić information content (AvgIpc) is 3.17. The van der Waals surface area contributed by atoms with Crippen LogP contribution < -0.4 is 4.74 Å². The minimum absolute atomic E-state index is 0.236. The summed E-state index contributed by atoms with van der Waals surface area (Å²) < 4.78 is 11.1. The lowest BCUT2D eigenvalue weighted by atomic mass is 9.93. The Hall–Kier alpha value is -2.73. The van der Waals surface area contributed by atoms with E-state index in [1.807, 2.05) is 45.0 Å². The maximum Gasteiger partial charge on any atom is 0.410 e. The van der Waals surface area contributed by atoms with Crippen LogP contribution in [0.3, 0.4) is 0 Å². The van der Waals surface area contributed by atoms with Gasteiger partial charge in [0.1, 0.15) is 17.0 Å². The number of rotatable bonds is 3. The summed E-state index contributed by atoms with van der Waals surface area (Å²) >= 11 is 6.26. The van der Waals surface area contributed by atoms with Gasteiger partial charge in [-0.15, -0.1) is 0 Å². The van der Waals surface area contributed by atoms with Crippen molar-refractivity contribution in [3.8, 4) is 16.9 Å². The molecule has 1 aliphatic rings. The van der Waals surface area contributed by atoms with E-state index >= 15 is 0 Å². The number of fused-ring (bicyclic) bond motifs is 1. The van der Waals surface area contributed by atoms with Gasteiger partial charge < -0.3 is 19.4 Å². The van der Waals surface area contributed by atoms with Gasteiger partial charge >= 0.3 is 6.09 Å². The minimum atomic E-state index is -0.478. The zero-order chi connectivity index (χ0) is 22.2. The molecule has 0 radical (unpaired) electrons. The molecule has 6 nitrogen and oxygen atoms in total. The molecule has 1 N–H and O–H groups in total. The van der Waals surface area contributed by atoms with Gasteiger partial charge in [-0.1, -0.05) is 11.6 Å². The Morgan fingerprint density at radius 2 is 1.90 bits per heavy atom. The number of aromatic amines is 1. The van der Waals surface area contributed by atoms with Crippen LogP contribution >= 0.6 is 11.6 Å². The molecule has 3 heterocycles. The van der Waals surface area contributed by atoms with Crippen molar-refractivity contribution in [2.45, 2.75) is 45.1 Å². The third-order valence-electron chi connectivity index (χ3n) is 5.59. The fourth-order valence-corrected chi connectivity index (χ4v) is 4.26. The number of methoxy groups -OCH3 is 1. The number of carbonyl (C=O) groups is 1. The Morgan fingerprint density at radius 1 is 1.16 bits per heavy atom. The molecule has 1 aliphatic heterocycles. The molecule has 1 amide bonds. The number of H-pyrrole nitrogens is 1. The van der Waals surface area contributed by atoms with Crippen molar-refractivity contribution < 1.29 is 14.3 Å². The van der Waals surface area contributed by atoms with Crippen LogP contribution in [0.2, 0.25) is 5.02 Å². The summed E-state index contributed by atoms with van der Waals surface area (Å²) in [4.78, 5) is 22.2. The molecule has 3 aromatic rings. The van der Waals surface area contributed by atoms with Crippen LogP contribution in [0.1, 0.15) is 45.2 Å². The molecular weight excluding hydrogens is 414 g/mol. The summed E-state index contributed by atoms with van der Waals surface area (Å²) in [6.07, 6.45) is 3.31. The molecule has 0 unspecified atom stereocenters. The number of likely N-dealkylation sites (tertiary alicyclic amines) is 1. The number of carbonyl (C=O) groups excluding carboxylic acids is 1. The van der Waals surface area contributed by atoms with Gasteiger partial charge in [0.2, 0.25) is 0 Å². The zero-order valence-electron chi connectivity index (χ0n) is 18.4. The predicted molar refractivity (Wildman–Crippen MR) is 123 cm³/mol. The Morgan fingerprint density at radius 3 is 2.58 bits per heavy atom. The Labute approximate surface area is 187 Å². The average molecular weight is 442 g/mol. The van der Waals surface area contributed by atoms with Gasteiger partial charge in [-0.2, -0.15) is 0 Å². The summed E-state index contributed by atoms with van der Waals surface area (Å²) in [5, 5.41) is 1.69. The molecule has 0 saturated carbocycles. The normalized spacial score (nSPS) is 15.3. The number of halogens is 1. The largest absolute Gasteiger partial charge is 0.496 e. The first-order valence-electron chi connectivity index (χ1n) is 10.5. The van der Waals surface area contributed by atoms with E-state index in [-0.39, 0.29) is 6.09 Å². The van der Waals surface area contributed by atoms with Crippen molar-refractivity contribution in [3.05, 3.63) is 47.2 Å². The van der Waals surface area contributed by atoms with E-state index < -0.39 is 5.60 Å². The first-order chi connectivity index (χ1) is 14.7. The number of pyridine rings is 1. The maximum atomic E-state index is 12.4.